The summed E-state index contributed by atoms with van der Waals surface area (Å²) in [5.74, 6) is 0. The van der Waals surface area contributed by atoms with Crippen molar-refractivity contribution >= 4 is 11.6 Å². The van der Waals surface area contributed by atoms with Gasteiger partial charge in [0.1, 0.15) is 23.5 Å². The fourth-order valence-corrected chi connectivity index (χ4v) is 2.08. The topological polar surface area (TPSA) is 125 Å². The van der Waals surface area contributed by atoms with E-state index in [1.54, 1.807) is 0 Å². The molecule has 0 amide bonds. The highest BCUT2D eigenvalue weighted by atomic mass is 35.5. The maximum Gasteiger partial charge on any atom is 0.331 e. The van der Waals surface area contributed by atoms with Gasteiger partial charge in [-0.3, -0.25) is 14.3 Å². The number of aromatic nitrogens is 2. The molecule has 2 rings (SSSR count). The monoisotopic (exact) mass is 278 g/mol. The van der Waals surface area contributed by atoms with Crippen molar-refractivity contribution in [2.24, 2.45) is 0 Å². The van der Waals surface area contributed by atoms with Crippen molar-refractivity contribution < 1.29 is 20.1 Å². The zero-order valence-corrected chi connectivity index (χ0v) is 9.74. The first-order valence-corrected chi connectivity index (χ1v) is 5.47. The summed E-state index contributed by atoms with van der Waals surface area (Å²) < 4.78 is 5.93. The van der Waals surface area contributed by atoms with Crippen LogP contribution in [0.15, 0.2) is 15.7 Å². The van der Waals surface area contributed by atoms with Gasteiger partial charge in [-0.25, -0.2) is 4.79 Å². The Kier molecular flexibility index (Phi) is 3.55. The molecule has 1 aromatic heterocycles. The van der Waals surface area contributed by atoms with Crippen molar-refractivity contribution in [2.75, 3.05) is 6.61 Å². The van der Waals surface area contributed by atoms with Crippen molar-refractivity contribution in [3.05, 3.63) is 32.1 Å². The fourth-order valence-electron chi connectivity index (χ4n) is 1.81. The number of aliphatic hydroxyl groups excluding tert-OH is 3. The Bertz CT molecular complexity index is 555. The summed E-state index contributed by atoms with van der Waals surface area (Å²) in [6, 6.07) is 0.942. The minimum atomic E-state index is -1.44. The molecule has 18 heavy (non-hydrogen) atoms. The average molecular weight is 279 g/mol. The minimum Gasteiger partial charge on any atom is -0.394 e. The first-order chi connectivity index (χ1) is 8.45. The van der Waals surface area contributed by atoms with Gasteiger partial charge in [0.15, 0.2) is 6.23 Å². The number of halogens is 1. The van der Waals surface area contributed by atoms with Gasteiger partial charge in [-0.2, -0.15) is 0 Å². The summed E-state index contributed by atoms with van der Waals surface area (Å²) in [4.78, 5) is 24.5. The molecule has 0 radical (unpaired) electrons. The van der Waals surface area contributed by atoms with Crippen LogP contribution in [-0.4, -0.2) is 49.8 Å². The van der Waals surface area contributed by atoms with Crippen molar-refractivity contribution in [1.29, 1.82) is 0 Å². The van der Waals surface area contributed by atoms with Crippen LogP contribution in [0.1, 0.15) is 6.23 Å². The molecule has 1 saturated heterocycles. The Morgan fingerprint density at radius 3 is 2.56 bits per heavy atom. The highest BCUT2D eigenvalue weighted by Gasteiger charge is 2.44. The number of hydrogen-bond acceptors (Lipinski definition) is 6. The van der Waals surface area contributed by atoms with Crippen LogP contribution >= 0.6 is 11.6 Å². The van der Waals surface area contributed by atoms with Crippen LogP contribution in [0.3, 0.4) is 0 Å². The third-order valence-electron chi connectivity index (χ3n) is 2.70. The molecule has 4 atom stereocenters. The second-order valence-corrected chi connectivity index (χ2v) is 4.25. The largest absolute Gasteiger partial charge is 0.394 e. The Balaban J connectivity index is 2.45. The molecule has 100 valence electrons. The zero-order chi connectivity index (χ0) is 13.4. The van der Waals surface area contributed by atoms with E-state index in [0.29, 0.717) is 0 Å². The molecule has 0 aliphatic carbocycles. The van der Waals surface area contributed by atoms with Gasteiger partial charge in [0.2, 0.25) is 0 Å². The van der Waals surface area contributed by atoms with Crippen molar-refractivity contribution in [3.8, 4) is 0 Å². The lowest BCUT2D eigenvalue weighted by Gasteiger charge is -2.18. The van der Waals surface area contributed by atoms with Gasteiger partial charge in [-0.15, -0.1) is 0 Å². The van der Waals surface area contributed by atoms with Crippen LogP contribution < -0.4 is 11.2 Å². The van der Waals surface area contributed by atoms with E-state index in [1.807, 2.05) is 4.98 Å². The van der Waals surface area contributed by atoms with Gasteiger partial charge in [0, 0.05) is 6.07 Å². The van der Waals surface area contributed by atoms with Crippen LogP contribution in [-0.2, 0) is 4.74 Å². The molecule has 0 spiro atoms. The molecule has 1 aliphatic heterocycles. The Morgan fingerprint density at radius 1 is 1.39 bits per heavy atom. The van der Waals surface area contributed by atoms with Crippen molar-refractivity contribution in [1.82, 2.24) is 9.55 Å². The van der Waals surface area contributed by atoms with E-state index in [4.69, 9.17) is 21.4 Å². The van der Waals surface area contributed by atoms with Crippen molar-refractivity contribution in [2.45, 2.75) is 24.5 Å². The lowest BCUT2D eigenvalue weighted by molar-refractivity contribution is -0.0548. The normalized spacial score (nSPS) is 31.8. The molecule has 2 heterocycles. The van der Waals surface area contributed by atoms with E-state index in [2.05, 4.69) is 0 Å². The first kappa shape index (κ1) is 13.2. The van der Waals surface area contributed by atoms with Crippen LogP contribution in [0.4, 0.5) is 0 Å². The Labute approximate surface area is 105 Å². The van der Waals surface area contributed by atoms with Crippen LogP contribution in [0.25, 0.3) is 0 Å². The van der Waals surface area contributed by atoms with Gasteiger partial charge >= 0.3 is 5.69 Å². The standard InChI is InChI=1S/C9H11ClN2O6/c10-4-1-5(14)11-9(17)12(4)8-7(16)6(15)3(2-13)18-8/h1,3,6-8,13,15-16H,2H2,(H,11,14,17)/t3-,6?,7?,8-/m0/s1. The van der Waals surface area contributed by atoms with Crippen LogP contribution in [0, 0.1) is 0 Å². The van der Waals surface area contributed by atoms with E-state index in [1.165, 1.54) is 0 Å². The molecular weight excluding hydrogens is 268 g/mol. The molecule has 0 saturated carbocycles. The number of nitrogens with zero attached hydrogens (tertiary/aromatic N) is 1. The number of hydrogen-bond donors (Lipinski definition) is 4. The second-order valence-electron chi connectivity index (χ2n) is 3.86. The predicted molar refractivity (Wildman–Crippen MR) is 59.3 cm³/mol. The summed E-state index contributed by atoms with van der Waals surface area (Å²) in [6.07, 6.45) is -5.09. The zero-order valence-electron chi connectivity index (χ0n) is 8.99. The number of H-pyrrole nitrogens is 1. The number of ether oxygens (including phenoxy) is 1. The summed E-state index contributed by atoms with van der Waals surface area (Å²) in [5, 5.41) is 28.0. The third kappa shape index (κ3) is 2.08. The lowest BCUT2D eigenvalue weighted by Crippen LogP contribution is -2.38. The highest BCUT2D eigenvalue weighted by Crippen LogP contribution is 2.29. The Morgan fingerprint density at radius 2 is 2.06 bits per heavy atom. The van der Waals surface area contributed by atoms with Crippen LogP contribution in [0.2, 0.25) is 5.15 Å². The van der Waals surface area contributed by atoms with Gasteiger partial charge < -0.3 is 20.1 Å². The lowest BCUT2D eigenvalue weighted by atomic mass is 10.1. The van der Waals surface area contributed by atoms with E-state index < -0.39 is 42.4 Å². The molecule has 9 heteroatoms. The number of aliphatic hydroxyl groups is 3. The summed E-state index contributed by atoms with van der Waals surface area (Å²) >= 11 is 5.73. The maximum atomic E-state index is 11.6. The van der Waals surface area contributed by atoms with Crippen LogP contribution in [0.5, 0.6) is 0 Å². The smallest absolute Gasteiger partial charge is 0.331 e. The predicted octanol–water partition coefficient (Wildman–Crippen LogP) is -2.20. The van der Waals surface area contributed by atoms with E-state index in [0.717, 1.165) is 10.6 Å². The molecule has 2 unspecified atom stereocenters. The molecular formula is C9H11ClN2O6. The highest BCUT2D eigenvalue weighted by molar-refractivity contribution is 6.29. The van der Waals surface area contributed by atoms with E-state index in [-0.39, 0.29) is 5.15 Å². The summed E-state index contributed by atoms with van der Waals surface area (Å²) in [7, 11) is 0. The number of aromatic amines is 1. The first-order valence-electron chi connectivity index (χ1n) is 5.09. The second kappa shape index (κ2) is 4.82. The quantitative estimate of drug-likeness (QED) is 0.455. The SMILES string of the molecule is O=c1cc(Cl)n([C@H]2O[C@@H](CO)C(O)C2O)c(=O)[nH]1. The maximum absolute atomic E-state index is 11.6. The molecule has 1 aliphatic rings. The number of nitrogens with one attached hydrogen (secondary N) is 1. The Hall–Kier alpha value is -1.19. The van der Waals surface area contributed by atoms with Gasteiger partial charge in [-0.05, 0) is 0 Å². The molecule has 8 nitrogen and oxygen atoms in total. The summed E-state index contributed by atoms with van der Waals surface area (Å²) in [6.45, 7) is -0.523. The van der Waals surface area contributed by atoms with Gasteiger partial charge in [0.05, 0.1) is 6.61 Å². The third-order valence-corrected chi connectivity index (χ3v) is 2.99. The molecule has 4 N–H and O–H groups in total. The number of rotatable bonds is 2. The average Bonchev–Trinajstić information content (AvgIpc) is 2.56. The molecule has 0 bridgehead atoms. The molecule has 1 aromatic rings. The van der Waals surface area contributed by atoms with E-state index in [9.17, 15) is 19.8 Å². The van der Waals surface area contributed by atoms with Gasteiger partial charge in [0.25, 0.3) is 5.56 Å². The molecule has 1 fully saturated rings. The summed E-state index contributed by atoms with van der Waals surface area (Å²) in [5.41, 5.74) is -1.56. The van der Waals surface area contributed by atoms with E-state index >= 15 is 0 Å². The van der Waals surface area contributed by atoms with Crippen molar-refractivity contribution in [3.63, 3.8) is 0 Å². The van der Waals surface area contributed by atoms with Gasteiger partial charge in [-0.1, -0.05) is 11.6 Å². The fraction of sp³-hybridized carbons (Fsp3) is 0.556. The molecule has 0 aromatic carbocycles. The minimum absolute atomic E-state index is 0.237.